The molecule has 0 N–H and O–H groups in total. The monoisotopic (exact) mass is 451 g/mol. The van der Waals surface area contributed by atoms with Crippen molar-refractivity contribution in [3.05, 3.63) is 63.1 Å². The largest absolute Gasteiger partial charge is 0.416 e. The molecule has 0 unspecified atom stereocenters. The van der Waals surface area contributed by atoms with Gasteiger partial charge in [-0.2, -0.15) is 26.3 Å². The normalized spacial score (nSPS) is 18.2. The highest BCUT2D eigenvalue weighted by molar-refractivity contribution is 9.10. The van der Waals surface area contributed by atoms with Gasteiger partial charge in [0.2, 0.25) is 0 Å². The zero-order valence-electron chi connectivity index (χ0n) is 14.3. The third-order valence-electron chi connectivity index (χ3n) is 4.66. The van der Waals surface area contributed by atoms with Gasteiger partial charge in [-0.3, -0.25) is 0 Å². The van der Waals surface area contributed by atoms with E-state index in [0.717, 1.165) is 24.3 Å². The summed E-state index contributed by atoms with van der Waals surface area (Å²) in [5.74, 6) is 0. The molecule has 0 saturated carbocycles. The first-order chi connectivity index (χ1) is 12.5. The van der Waals surface area contributed by atoms with Gasteiger partial charge in [0.15, 0.2) is 0 Å². The molecule has 0 aliphatic carbocycles. The van der Waals surface area contributed by atoms with Crippen LogP contribution >= 0.6 is 15.9 Å². The highest BCUT2D eigenvalue weighted by Gasteiger charge is 2.35. The van der Waals surface area contributed by atoms with E-state index in [4.69, 9.17) is 0 Å². The van der Waals surface area contributed by atoms with Gasteiger partial charge >= 0.3 is 12.4 Å². The first-order valence-electron chi connectivity index (χ1n) is 8.29. The number of nitrogens with zero attached hydrogens (tertiary/aromatic N) is 1. The summed E-state index contributed by atoms with van der Waals surface area (Å²) in [6.07, 6.45) is -7.71. The van der Waals surface area contributed by atoms with Gasteiger partial charge in [-0.25, -0.2) is 0 Å². The van der Waals surface area contributed by atoms with Crippen LogP contribution in [0.15, 0.2) is 40.9 Å². The molecule has 1 fully saturated rings. The third-order valence-corrected chi connectivity index (χ3v) is 5.38. The van der Waals surface area contributed by atoms with E-state index in [9.17, 15) is 26.3 Å². The Morgan fingerprint density at radius 2 is 1.59 bits per heavy atom. The minimum Gasteiger partial charge on any atom is -0.364 e. The van der Waals surface area contributed by atoms with Crippen molar-refractivity contribution in [3.63, 3.8) is 0 Å². The number of hydrogen-bond acceptors (Lipinski definition) is 1. The maximum atomic E-state index is 13.2. The standard InChI is InChI=1S/C19H16BrF6N/c1-11-7-13(19(24,25)26)9-14(8-11)27-6-2-3-17(27)15-10-12(18(21,22)23)4-5-16(15)20/h4-5,7-10,17H,2-3,6H2,1H3/t17-/m0/s1. The fourth-order valence-electron chi connectivity index (χ4n) is 3.47. The number of alkyl halides is 6. The topological polar surface area (TPSA) is 3.24 Å². The Labute approximate surface area is 161 Å². The first kappa shape index (κ1) is 20.0. The number of aryl methyl sites for hydroxylation is 1. The summed E-state index contributed by atoms with van der Waals surface area (Å²) < 4.78 is 79.2. The van der Waals surface area contributed by atoms with Gasteiger partial charge in [-0.15, -0.1) is 0 Å². The lowest BCUT2D eigenvalue weighted by atomic mass is 10.0. The Balaban J connectivity index is 2.04. The van der Waals surface area contributed by atoms with Gasteiger partial charge in [0, 0.05) is 16.7 Å². The van der Waals surface area contributed by atoms with Gasteiger partial charge in [0.05, 0.1) is 17.2 Å². The second kappa shape index (κ2) is 7.04. The summed E-state index contributed by atoms with van der Waals surface area (Å²) in [5, 5.41) is 0. The van der Waals surface area contributed by atoms with Crippen LogP contribution in [0.4, 0.5) is 32.0 Å². The molecule has 1 atom stereocenters. The Morgan fingerprint density at radius 1 is 0.926 bits per heavy atom. The molecule has 0 amide bonds. The summed E-state index contributed by atoms with van der Waals surface area (Å²) in [4.78, 5) is 1.75. The predicted molar refractivity (Wildman–Crippen MR) is 94.6 cm³/mol. The Bertz CT molecular complexity index is 843. The highest BCUT2D eigenvalue weighted by atomic mass is 79.9. The van der Waals surface area contributed by atoms with E-state index in [-0.39, 0.29) is 0 Å². The molecule has 1 saturated heterocycles. The molecule has 8 heteroatoms. The molecule has 2 aromatic rings. The molecule has 0 bridgehead atoms. The Kier molecular flexibility index (Phi) is 5.22. The summed E-state index contributed by atoms with van der Waals surface area (Å²) in [7, 11) is 0. The van der Waals surface area contributed by atoms with Gasteiger partial charge in [-0.1, -0.05) is 15.9 Å². The molecular weight excluding hydrogens is 436 g/mol. The van der Waals surface area contributed by atoms with E-state index in [1.54, 1.807) is 17.9 Å². The zero-order valence-corrected chi connectivity index (χ0v) is 15.8. The van der Waals surface area contributed by atoms with E-state index < -0.39 is 29.5 Å². The van der Waals surface area contributed by atoms with Crippen LogP contribution in [-0.2, 0) is 12.4 Å². The minimum atomic E-state index is -4.48. The van der Waals surface area contributed by atoms with Crippen molar-refractivity contribution in [2.45, 2.75) is 38.2 Å². The molecule has 0 spiro atoms. The van der Waals surface area contributed by atoms with Crippen molar-refractivity contribution in [3.8, 4) is 0 Å². The first-order valence-corrected chi connectivity index (χ1v) is 9.08. The van der Waals surface area contributed by atoms with Crippen LogP contribution in [-0.4, -0.2) is 6.54 Å². The van der Waals surface area contributed by atoms with Crippen molar-refractivity contribution >= 4 is 21.6 Å². The van der Waals surface area contributed by atoms with Crippen molar-refractivity contribution in [1.29, 1.82) is 0 Å². The van der Waals surface area contributed by atoms with E-state index in [0.29, 0.717) is 40.7 Å². The summed E-state index contributed by atoms with van der Waals surface area (Å²) in [6.45, 7) is 2.05. The second-order valence-electron chi connectivity index (χ2n) is 6.64. The van der Waals surface area contributed by atoms with Crippen LogP contribution in [0.2, 0.25) is 0 Å². The van der Waals surface area contributed by atoms with Crippen molar-refractivity contribution in [2.24, 2.45) is 0 Å². The molecule has 3 rings (SSSR count). The van der Waals surface area contributed by atoms with Gasteiger partial charge < -0.3 is 4.90 Å². The molecule has 1 aliphatic rings. The average molecular weight is 452 g/mol. The van der Waals surface area contributed by atoms with E-state index in [1.165, 1.54) is 6.07 Å². The summed E-state index contributed by atoms with van der Waals surface area (Å²) in [6, 6.07) is 6.74. The fourth-order valence-corrected chi connectivity index (χ4v) is 3.98. The van der Waals surface area contributed by atoms with Crippen LogP contribution in [0.1, 0.15) is 41.1 Å². The molecule has 1 nitrogen and oxygen atoms in total. The lowest BCUT2D eigenvalue weighted by Crippen LogP contribution is -2.24. The maximum Gasteiger partial charge on any atom is 0.416 e. The van der Waals surface area contributed by atoms with Crippen molar-refractivity contribution in [1.82, 2.24) is 0 Å². The average Bonchev–Trinajstić information content (AvgIpc) is 3.02. The lowest BCUT2D eigenvalue weighted by molar-refractivity contribution is -0.138. The molecule has 1 aliphatic heterocycles. The second-order valence-corrected chi connectivity index (χ2v) is 7.49. The van der Waals surface area contributed by atoms with Crippen LogP contribution < -0.4 is 4.90 Å². The SMILES string of the molecule is Cc1cc(N2CCC[C@H]2c2cc(C(F)(F)F)ccc2Br)cc(C(F)(F)F)c1. The summed E-state index contributed by atoms with van der Waals surface area (Å²) >= 11 is 3.29. The number of benzene rings is 2. The maximum absolute atomic E-state index is 13.2. The van der Waals surface area contributed by atoms with Crippen LogP contribution in [0.25, 0.3) is 0 Å². The van der Waals surface area contributed by atoms with Crippen LogP contribution in [0.3, 0.4) is 0 Å². The van der Waals surface area contributed by atoms with Crippen molar-refractivity contribution in [2.75, 3.05) is 11.4 Å². The zero-order chi connectivity index (χ0) is 20.0. The van der Waals surface area contributed by atoms with Crippen LogP contribution in [0.5, 0.6) is 0 Å². The minimum absolute atomic E-state index is 0.370. The third kappa shape index (κ3) is 4.25. The number of hydrogen-bond donors (Lipinski definition) is 0. The molecule has 2 aromatic carbocycles. The predicted octanol–water partition coefficient (Wildman–Crippen LogP) is 7.14. The Morgan fingerprint density at radius 3 is 2.22 bits per heavy atom. The Hall–Kier alpha value is -1.70. The quantitative estimate of drug-likeness (QED) is 0.438. The van der Waals surface area contributed by atoms with Gasteiger partial charge in [-0.05, 0) is 67.3 Å². The van der Waals surface area contributed by atoms with Gasteiger partial charge in [0.1, 0.15) is 0 Å². The molecule has 1 heterocycles. The number of rotatable bonds is 2. The van der Waals surface area contributed by atoms with E-state index in [1.807, 2.05) is 0 Å². The van der Waals surface area contributed by atoms with E-state index in [2.05, 4.69) is 15.9 Å². The lowest BCUT2D eigenvalue weighted by Gasteiger charge is -2.29. The molecular formula is C19H16BrF6N. The highest BCUT2D eigenvalue weighted by Crippen LogP contribution is 2.43. The number of anilines is 1. The number of halogens is 7. The summed E-state index contributed by atoms with van der Waals surface area (Å²) in [5.41, 5.74) is -0.279. The van der Waals surface area contributed by atoms with Crippen molar-refractivity contribution < 1.29 is 26.3 Å². The van der Waals surface area contributed by atoms with Crippen LogP contribution in [0, 0.1) is 6.92 Å². The van der Waals surface area contributed by atoms with Gasteiger partial charge in [0.25, 0.3) is 0 Å². The fraction of sp³-hybridized carbons (Fsp3) is 0.368. The molecule has 0 radical (unpaired) electrons. The smallest absolute Gasteiger partial charge is 0.364 e. The molecule has 146 valence electrons. The molecule has 27 heavy (non-hydrogen) atoms. The molecule has 0 aromatic heterocycles. The van der Waals surface area contributed by atoms with E-state index >= 15 is 0 Å².